The van der Waals surface area contributed by atoms with Crippen LogP contribution in [0.5, 0.6) is 5.75 Å². The van der Waals surface area contributed by atoms with Crippen LogP contribution in [-0.2, 0) is 0 Å². The van der Waals surface area contributed by atoms with Crippen LogP contribution in [0, 0.1) is 6.92 Å². The van der Waals surface area contributed by atoms with Crippen molar-refractivity contribution in [2.45, 2.75) is 6.92 Å². The number of nitrogens with zero attached hydrogens (tertiary/aromatic N) is 4. The van der Waals surface area contributed by atoms with Crippen LogP contribution >= 0.6 is 0 Å². The molecule has 0 saturated carbocycles. The van der Waals surface area contributed by atoms with Crippen LogP contribution in [0.15, 0.2) is 88.9 Å². The minimum atomic E-state index is -3.99. The summed E-state index contributed by atoms with van der Waals surface area (Å²) in [4.78, 5) is 0. The Balaban J connectivity index is 1.63. The highest BCUT2D eigenvalue weighted by atomic mass is 19.2. The van der Waals surface area contributed by atoms with Crippen LogP contribution in [0.25, 0.3) is 5.57 Å². The smallest absolute Gasteiger partial charge is 0.507 e. The van der Waals surface area contributed by atoms with E-state index in [4.69, 9.17) is 0 Å². The van der Waals surface area contributed by atoms with Gasteiger partial charge in [0.1, 0.15) is 12.0 Å². The van der Waals surface area contributed by atoms with Crippen LogP contribution in [0.4, 0.5) is 20.0 Å². The molecule has 1 N–H and O–H groups in total. The number of halogens is 2. The predicted octanol–water partition coefficient (Wildman–Crippen LogP) is 5.57. The lowest BCUT2D eigenvalue weighted by atomic mass is 9.86. The number of aromatic nitrogens is 1. The maximum Gasteiger partial charge on any atom is 0.737 e. The third-order valence-corrected chi connectivity index (χ3v) is 5.30. The average molecular weight is 402 g/mol. The molecule has 0 atom stereocenters. The fraction of sp³-hybridized carbons (Fsp3) is 0.0455. The van der Waals surface area contributed by atoms with Gasteiger partial charge in [0, 0.05) is 23.4 Å². The molecule has 0 radical (unpaired) electrons. The second-order valence-electron chi connectivity index (χ2n) is 7.30. The number of phenolic OH excluding ortho intramolecular Hbond substituents is 1. The molecule has 2 aliphatic rings. The standard InChI is InChI=1S/C22H17BF2N4O/c1-15-6-8-16(9-7-15)26-27-17-10-11-21(30)18(14-17)22-19-4-2-12-28(19)23(24,25)29-13-3-5-20(22)29/h2-14,30H,1H3. The molecule has 0 fully saturated rings. The first-order valence-electron chi connectivity index (χ1n) is 9.51. The molecule has 148 valence electrons. The molecule has 0 saturated heterocycles. The Morgan fingerprint density at radius 1 is 1.00 bits per heavy atom. The van der Waals surface area contributed by atoms with Crippen molar-refractivity contribution < 1.29 is 18.2 Å². The Labute approximate surface area is 171 Å². The number of azo groups is 1. The maximum absolute atomic E-state index is 14.9. The van der Waals surface area contributed by atoms with Gasteiger partial charge >= 0.3 is 6.97 Å². The average Bonchev–Trinajstić information content (AvgIpc) is 3.41. The molecule has 0 spiro atoms. The van der Waals surface area contributed by atoms with Crippen molar-refractivity contribution in [3.63, 3.8) is 0 Å². The number of rotatable bonds is 3. The molecule has 0 unspecified atom stereocenters. The summed E-state index contributed by atoms with van der Waals surface area (Å²) in [6.45, 7) is -2.00. The summed E-state index contributed by atoms with van der Waals surface area (Å²) in [6, 6.07) is 15.6. The Bertz CT molecular complexity index is 1290. The molecule has 1 aromatic heterocycles. The minimum absolute atomic E-state index is 0.0162. The summed E-state index contributed by atoms with van der Waals surface area (Å²) in [5.74, 6) is -0.0162. The number of aromatic hydroxyl groups is 1. The van der Waals surface area contributed by atoms with E-state index in [1.807, 2.05) is 31.2 Å². The van der Waals surface area contributed by atoms with Crippen molar-refractivity contribution in [1.29, 1.82) is 0 Å². The summed E-state index contributed by atoms with van der Waals surface area (Å²) in [6.07, 6.45) is 5.92. The van der Waals surface area contributed by atoms with Gasteiger partial charge in [0.05, 0.1) is 16.9 Å². The SMILES string of the molecule is Cc1ccc(N=Nc2ccc(O)c(C3=C4C=CC=[N+]4[B-](F)(F)n4cccc43)c2)cc1. The lowest BCUT2D eigenvalue weighted by Gasteiger charge is -2.31. The molecular weight excluding hydrogens is 385 g/mol. The van der Waals surface area contributed by atoms with Gasteiger partial charge in [0.2, 0.25) is 0 Å². The maximum atomic E-state index is 14.9. The molecule has 0 aliphatic carbocycles. The van der Waals surface area contributed by atoms with Gasteiger partial charge in [-0.05, 0) is 55.6 Å². The van der Waals surface area contributed by atoms with E-state index in [1.54, 1.807) is 36.4 Å². The molecule has 3 aromatic rings. The Kier molecular flexibility index (Phi) is 4.03. The van der Waals surface area contributed by atoms with Crippen molar-refractivity contribution in [2.24, 2.45) is 10.2 Å². The largest absolute Gasteiger partial charge is 0.737 e. The summed E-state index contributed by atoms with van der Waals surface area (Å²) in [5.41, 5.74) is 3.95. The van der Waals surface area contributed by atoms with Crippen molar-refractivity contribution in [1.82, 2.24) is 4.48 Å². The van der Waals surface area contributed by atoms with E-state index in [2.05, 4.69) is 10.2 Å². The van der Waals surface area contributed by atoms with Gasteiger partial charge in [-0.3, -0.25) is 0 Å². The van der Waals surface area contributed by atoms with E-state index in [9.17, 15) is 13.7 Å². The normalized spacial score (nSPS) is 16.7. The molecule has 2 aliphatic heterocycles. The van der Waals surface area contributed by atoms with Crippen LogP contribution in [0.3, 0.4) is 0 Å². The Morgan fingerprint density at radius 3 is 2.53 bits per heavy atom. The summed E-state index contributed by atoms with van der Waals surface area (Å²) >= 11 is 0. The van der Waals surface area contributed by atoms with Gasteiger partial charge in [0.15, 0.2) is 5.70 Å². The lowest BCUT2D eigenvalue weighted by Crippen LogP contribution is -2.49. The third-order valence-electron chi connectivity index (χ3n) is 5.30. The second-order valence-corrected chi connectivity index (χ2v) is 7.30. The van der Waals surface area contributed by atoms with Gasteiger partial charge in [0.25, 0.3) is 0 Å². The van der Waals surface area contributed by atoms with E-state index in [0.29, 0.717) is 33.9 Å². The number of aryl methyl sites for hydroxylation is 1. The molecule has 3 heterocycles. The van der Waals surface area contributed by atoms with Crippen molar-refractivity contribution >= 4 is 30.1 Å². The zero-order chi connectivity index (χ0) is 20.9. The minimum Gasteiger partial charge on any atom is -0.507 e. The van der Waals surface area contributed by atoms with Gasteiger partial charge in [-0.2, -0.15) is 10.2 Å². The summed E-state index contributed by atoms with van der Waals surface area (Å²) in [7, 11) is 0. The van der Waals surface area contributed by atoms with Crippen LogP contribution < -0.4 is 0 Å². The zero-order valence-corrected chi connectivity index (χ0v) is 16.1. The highest BCUT2D eigenvalue weighted by Crippen LogP contribution is 2.42. The number of hydrogen-bond donors (Lipinski definition) is 1. The fourth-order valence-electron chi connectivity index (χ4n) is 3.81. The van der Waals surface area contributed by atoms with Crippen molar-refractivity contribution in [3.8, 4) is 5.75 Å². The molecule has 5 rings (SSSR count). The topological polar surface area (TPSA) is 52.9 Å². The van der Waals surface area contributed by atoms with Gasteiger partial charge in [-0.25, -0.2) is 0 Å². The zero-order valence-electron chi connectivity index (χ0n) is 16.1. The number of allylic oxidation sites excluding steroid dienone is 2. The molecule has 30 heavy (non-hydrogen) atoms. The van der Waals surface area contributed by atoms with Crippen LogP contribution in [0.1, 0.15) is 16.8 Å². The molecular formula is C22H17BF2N4O. The molecule has 0 amide bonds. The van der Waals surface area contributed by atoms with E-state index in [0.717, 1.165) is 14.5 Å². The Hall–Kier alpha value is -3.81. The van der Waals surface area contributed by atoms with Gasteiger partial charge in [-0.1, -0.05) is 17.7 Å². The quantitative estimate of drug-likeness (QED) is 0.452. The number of fused-ring (bicyclic) bond motifs is 2. The fourth-order valence-corrected chi connectivity index (χ4v) is 3.81. The highest BCUT2D eigenvalue weighted by molar-refractivity contribution is 6.57. The number of benzene rings is 2. The molecule has 0 bridgehead atoms. The van der Waals surface area contributed by atoms with E-state index >= 15 is 0 Å². The molecule has 2 aromatic carbocycles. The van der Waals surface area contributed by atoms with E-state index in [1.165, 1.54) is 18.5 Å². The monoisotopic (exact) mass is 402 g/mol. The first-order chi connectivity index (χ1) is 14.4. The predicted molar refractivity (Wildman–Crippen MR) is 113 cm³/mol. The van der Waals surface area contributed by atoms with Gasteiger partial charge < -0.3 is 22.7 Å². The molecule has 8 heteroatoms. The lowest BCUT2D eigenvalue weighted by molar-refractivity contribution is -0.356. The first kappa shape index (κ1) is 18.2. The first-order valence-corrected chi connectivity index (χ1v) is 9.51. The second kappa shape index (κ2) is 6.62. The number of hydrogen-bond acceptors (Lipinski definition) is 3. The van der Waals surface area contributed by atoms with E-state index < -0.39 is 6.97 Å². The van der Waals surface area contributed by atoms with Crippen LogP contribution in [-0.4, -0.2) is 27.3 Å². The summed E-state index contributed by atoms with van der Waals surface area (Å²) < 4.78 is 31.8. The van der Waals surface area contributed by atoms with Gasteiger partial charge in [-0.15, -0.1) is 0 Å². The van der Waals surface area contributed by atoms with Crippen molar-refractivity contribution in [3.05, 3.63) is 95.5 Å². The highest BCUT2D eigenvalue weighted by Gasteiger charge is 2.51. The van der Waals surface area contributed by atoms with Crippen molar-refractivity contribution in [2.75, 3.05) is 0 Å². The molecule has 5 nitrogen and oxygen atoms in total. The van der Waals surface area contributed by atoms with Crippen LogP contribution in [0.2, 0.25) is 0 Å². The summed E-state index contributed by atoms with van der Waals surface area (Å²) in [5, 5.41) is 19.1. The Morgan fingerprint density at radius 2 is 1.73 bits per heavy atom. The number of phenols is 1. The third kappa shape index (κ3) is 2.80. The van der Waals surface area contributed by atoms with E-state index in [-0.39, 0.29) is 5.75 Å².